The minimum absolute atomic E-state index is 0.0452. The molecule has 0 radical (unpaired) electrons. The molecule has 0 saturated heterocycles. The van der Waals surface area contributed by atoms with Gasteiger partial charge in [0.1, 0.15) is 0 Å². The molecule has 0 fully saturated rings. The first kappa shape index (κ1) is 33.1. The number of unbranched alkanes of at least 4 members (excludes halogenated alkanes) is 17. The molecule has 2 unspecified atom stereocenters. The van der Waals surface area contributed by atoms with E-state index in [4.69, 9.17) is 0 Å². The van der Waals surface area contributed by atoms with Crippen LogP contribution in [-0.2, 0) is 4.79 Å². The smallest absolute Gasteiger partial charge is 0.220 e. The molecule has 0 aromatic rings. The van der Waals surface area contributed by atoms with Crippen LogP contribution in [0.5, 0.6) is 0 Å². The monoisotopic (exact) mass is 481 g/mol. The van der Waals surface area contributed by atoms with E-state index in [-0.39, 0.29) is 12.5 Å². The van der Waals surface area contributed by atoms with Gasteiger partial charge in [0.25, 0.3) is 0 Å². The van der Waals surface area contributed by atoms with Crippen LogP contribution in [0.3, 0.4) is 0 Å². The third-order valence-corrected chi connectivity index (χ3v) is 6.78. The van der Waals surface area contributed by atoms with Crippen molar-refractivity contribution in [3.63, 3.8) is 0 Å². The van der Waals surface area contributed by atoms with E-state index in [1.54, 1.807) is 0 Å². The second kappa shape index (κ2) is 26.7. The van der Waals surface area contributed by atoms with Crippen molar-refractivity contribution in [2.24, 2.45) is 0 Å². The molecule has 0 rings (SSSR count). The molecule has 0 aromatic heterocycles. The fourth-order valence-electron chi connectivity index (χ4n) is 4.41. The summed E-state index contributed by atoms with van der Waals surface area (Å²) in [6, 6.07) is -0.532. The van der Waals surface area contributed by atoms with E-state index in [1.165, 1.54) is 103 Å². The molecule has 0 aromatic carbocycles. The van der Waals surface area contributed by atoms with Crippen LogP contribution in [0.2, 0.25) is 0 Å². The number of hydrogen-bond acceptors (Lipinski definition) is 3. The van der Waals surface area contributed by atoms with Gasteiger partial charge in [0.05, 0.1) is 18.8 Å². The van der Waals surface area contributed by atoms with Crippen molar-refractivity contribution in [3.8, 4) is 0 Å². The predicted octanol–water partition coefficient (Wildman–Crippen LogP) is 8.00. The van der Waals surface area contributed by atoms with Gasteiger partial charge in [-0.3, -0.25) is 4.79 Å². The van der Waals surface area contributed by atoms with Crippen LogP contribution in [0.1, 0.15) is 155 Å². The zero-order chi connectivity index (χ0) is 25.1. The molecule has 34 heavy (non-hydrogen) atoms. The third-order valence-electron chi connectivity index (χ3n) is 6.78. The minimum atomic E-state index is -0.654. The number of carbonyl (C=O) groups is 1. The molecule has 0 heterocycles. The van der Waals surface area contributed by atoms with Crippen molar-refractivity contribution in [3.05, 3.63) is 12.2 Å². The summed E-state index contributed by atoms with van der Waals surface area (Å²) in [5.41, 5.74) is 0. The molecule has 0 aliphatic carbocycles. The molecule has 0 bridgehead atoms. The zero-order valence-corrected chi connectivity index (χ0v) is 22.9. The van der Waals surface area contributed by atoms with E-state index in [2.05, 4.69) is 31.3 Å². The highest BCUT2D eigenvalue weighted by molar-refractivity contribution is 5.76. The fourth-order valence-corrected chi connectivity index (χ4v) is 4.41. The van der Waals surface area contributed by atoms with E-state index >= 15 is 0 Å². The Labute approximate surface area is 212 Å². The summed E-state index contributed by atoms with van der Waals surface area (Å²) in [6.07, 6.45) is 29.6. The SMILES string of the molecule is CCCCCC/C=C\CCCCCCCC(=O)NC(CO)C(O)CCCCCCCCCCC. The van der Waals surface area contributed by atoms with Crippen molar-refractivity contribution in [1.29, 1.82) is 0 Å². The van der Waals surface area contributed by atoms with E-state index < -0.39 is 12.1 Å². The van der Waals surface area contributed by atoms with E-state index in [0.717, 1.165) is 25.7 Å². The predicted molar refractivity (Wildman–Crippen MR) is 147 cm³/mol. The first-order chi connectivity index (χ1) is 16.7. The Bertz CT molecular complexity index is 452. The van der Waals surface area contributed by atoms with Crippen molar-refractivity contribution in [2.75, 3.05) is 6.61 Å². The Morgan fingerprint density at radius 2 is 1.12 bits per heavy atom. The Kier molecular flexibility index (Phi) is 26.0. The van der Waals surface area contributed by atoms with Gasteiger partial charge in [-0.15, -0.1) is 0 Å². The number of aliphatic hydroxyl groups is 2. The van der Waals surface area contributed by atoms with Crippen molar-refractivity contribution in [1.82, 2.24) is 5.32 Å². The highest BCUT2D eigenvalue weighted by Gasteiger charge is 2.19. The first-order valence-corrected chi connectivity index (χ1v) is 14.9. The lowest BCUT2D eigenvalue weighted by Crippen LogP contribution is -2.45. The van der Waals surface area contributed by atoms with Gasteiger partial charge in [-0.1, -0.05) is 122 Å². The van der Waals surface area contributed by atoms with Crippen molar-refractivity contribution >= 4 is 5.91 Å². The van der Waals surface area contributed by atoms with Gasteiger partial charge >= 0.3 is 0 Å². The molecule has 4 heteroatoms. The summed E-state index contributed by atoms with van der Waals surface area (Å²) in [6.45, 7) is 4.29. The van der Waals surface area contributed by atoms with Crippen LogP contribution in [0, 0.1) is 0 Å². The summed E-state index contributed by atoms with van der Waals surface area (Å²) in [5, 5.41) is 22.8. The minimum Gasteiger partial charge on any atom is -0.394 e. The number of aliphatic hydroxyl groups excluding tert-OH is 2. The summed E-state index contributed by atoms with van der Waals surface area (Å²) in [7, 11) is 0. The number of hydrogen-bond donors (Lipinski definition) is 3. The van der Waals surface area contributed by atoms with Crippen LogP contribution in [0.25, 0.3) is 0 Å². The Balaban J connectivity index is 3.63. The third kappa shape index (κ3) is 22.9. The molecule has 2 atom stereocenters. The van der Waals surface area contributed by atoms with E-state index in [9.17, 15) is 15.0 Å². The molecular formula is C30H59NO3. The topological polar surface area (TPSA) is 69.6 Å². The number of nitrogens with one attached hydrogen (secondary N) is 1. The van der Waals surface area contributed by atoms with Gasteiger partial charge in [-0.2, -0.15) is 0 Å². The highest BCUT2D eigenvalue weighted by Crippen LogP contribution is 2.13. The average Bonchev–Trinajstić information content (AvgIpc) is 2.84. The lowest BCUT2D eigenvalue weighted by atomic mass is 10.0. The van der Waals surface area contributed by atoms with Gasteiger partial charge < -0.3 is 15.5 Å². The summed E-state index contributed by atoms with van der Waals surface area (Å²) in [5.74, 6) is -0.0452. The van der Waals surface area contributed by atoms with Crippen LogP contribution in [0.15, 0.2) is 12.2 Å². The number of allylic oxidation sites excluding steroid dienone is 2. The van der Waals surface area contributed by atoms with Crippen LogP contribution in [0.4, 0.5) is 0 Å². The van der Waals surface area contributed by atoms with Crippen LogP contribution in [-0.4, -0.2) is 34.9 Å². The van der Waals surface area contributed by atoms with Crippen molar-refractivity contribution < 1.29 is 15.0 Å². The zero-order valence-electron chi connectivity index (χ0n) is 22.9. The Morgan fingerprint density at radius 1 is 0.676 bits per heavy atom. The molecule has 4 nitrogen and oxygen atoms in total. The molecule has 3 N–H and O–H groups in total. The van der Waals surface area contributed by atoms with E-state index in [0.29, 0.717) is 12.8 Å². The van der Waals surface area contributed by atoms with Gasteiger partial charge in [0, 0.05) is 6.42 Å². The van der Waals surface area contributed by atoms with Gasteiger partial charge in [-0.05, 0) is 38.5 Å². The number of carbonyl (C=O) groups excluding carboxylic acids is 1. The molecule has 0 saturated carbocycles. The quantitative estimate of drug-likeness (QED) is 0.0865. The molecule has 0 spiro atoms. The second-order valence-corrected chi connectivity index (χ2v) is 10.2. The lowest BCUT2D eigenvalue weighted by Gasteiger charge is -2.22. The molecular weight excluding hydrogens is 422 g/mol. The van der Waals surface area contributed by atoms with Gasteiger partial charge in [0.15, 0.2) is 0 Å². The molecule has 0 aliphatic heterocycles. The van der Waals surface area contributed by atoms with Crippen molar-refractivity contribution in [2.45, 2.75) is 167 Å². The van der Waals surface area contributed by atoms with E-state index in [1.807, 2.05) is 0 Å². The normalized spacial score (nSPS) is 13.4. The molecule has 0 aliphatic rings. The van der Waals surface area contributed by atoms with Crippen LogP contribution < -0.4 is 5.32 Å². The second-order valence-electron chi connectivity index (χ2n) is 10.2. The average molecular weight is 482 g/mol. The molecule has 1 amide bonds. The summed E-state index contributed by atoms with van der Waals surface area (Å²) < 4.78 is 0. The summed E-state index contributed by atoms with van der Waals surface area (Å²) in [4.78, 5) is 12.2. The Hall–Kier alpha value is -0.870. The van der Waals surface area contributed by atoms with Crippen LogP contribution >= 0.6 is 0 Å². The summed E-state index contributed by atoms with van der Waals surface area (Å²) >= 11 is 0. The largest absolute Gasteiger partial charge is 0.394 e. The lowest BCUT2D eigenvalue weighted by molar-refractivity contribution is -0.123. The number of amides is 1. The maximum absolute atomic E-state index is 12.2. The maximum atomic E-state index is 12.2. The Morgan fingerprint density at radius 3 is 1.65 bits per heavy atom. The molecule has 202 valence electrons. The van der Waals surface area contributed by atoms with Gasteiger partial charge in [-0.25, -0.2) is 0 Å². The van der Waals surface area contributed by atoms with Gasteiger partial charge in [0.2, 0.25) is 5.91 Å². The highest BCUT2D eigenvalue weighted by atomic mass is 16.3. The fraction of sp³-hybridized carbons (Fsp3) is 0.900. The first-order valence-electron chi connectivity index (χ1n) is 14.9. The maximum Gasteiger partial charge on any atom is 0.220 e. The standard InChI is InChI=1S/C30H59NO3/c1-3-5-7-9-11-13-14-15-16-18-20-22-24-26-30(34)31-28(27-32)29(33)25-23-21-19-17-12-10-8-6-4-2/h13-14,28-29,32-33H,3-12,15-27H2,1-2H3,(H,31,34)/b14-13-. The number of rotatable bonds is 26.